The molecule has 0 fully saturated rings. The molecule has 0 radical (unpaired) electrons. The van der Waals surface area contributed by atoms with Crippen LogP contribution in [0.4, 0.5) is 5.69 Å². The van der Waals surface area contributed by atoms with Crippen molar-refractivity contribution >= 4 is 33.1 Å². The molecule has 26 heavy (non-hydrogen) atoms. The van der Waals surface area contributed by atoms with Gasteiger partial charge in [-0.15, -0.1) is 11.3 Å². The Hall–Kier alpha value is -2.48. The second kappa shape index (κ2) is 6.05. The molecule has 0 spiro atoms. The first-order valence-corrected chi connectivity index (χ1v) is 9.64. The van der Waals surface area contributed by atoms with Crippen LogP contribution in [0.15, 0.2) is 64.3 Å². The van der Waals surface area contributed by atoms with Crippen molar-refractivity contribution < 1.29 is 0 Å². The summed E-state index contributed by atoms with van der Waals surface area (Å²) in [6, 6.07) is 6.20. The minimum Gasteiger partial charge on any atom is -0.360 e. The average molecular weight is 364 g/mol. The second-order valence-corrected chi connectivity index (χ2v) is 7.63. The van der Waals surface area contributed by atoms with E-state index >= 15 is 0 Å². The lowest BCUT2D eigenvalue weighted by Crippen LogP contribution is -2.53. The SMILES string of the molecule is NC1(Nc2ccc3ncsc3c2)C=CNC2=NC(C3=CCNCC3)C=C21. The third-order valence-corrected chi connectivity index (χ3v) is 5.81. The number of rotatable bonds is 3. The number of fused-ring (bicyclic) bond motifs is 2. The predicted molar refractivity (Wildman–Crippen MR) is 107 cm³/mol. The minimum absolute atomic E-state index is 0.0724. The van der Waals surface area contributed by atoms with Crippen molar-refractivity contribution in [1.82, 2.24) is 15.6 Å². The van der Waals surface area contributed by atoms with Gasteiger partial charge in [0.05, 0.1) is 21.8 Å². The molecule has 2 unspecified atom stereocenters. The van der Waals surface area contributed by atoms with Crippen LogP contribution < -0.4 is 21.7 Å². The van der Waals surface area contributed by atoms with Crippen LogP contribution in [0.1, 0.15) is 6.42 Å². The number of nitrogens with two attached hydrogens (primary N) is 1. The van der Waals surface area contributed by atoms with Crippen molar-refractivity contribution in [3.63, 3.8) is 0 Å². The van der Waals surface area contributed by atoms with E-state index in [2.05, 4.69) is 39.2 Å². The van der Waals surface area contributed by atoms with Crippen molar-refractivity contribution in [2.45, 2.75) is 18.1 Å². The van der Waals surface area contributed by atoms with E-state index in [1.54, 1.807) is 11.3 Å². The van der Waals surface area contributed by atoms with Gasteiger partial charge in [-0.25, -0.2) is 4.98 Å². The lowest BCUT2D eigenvalue weighted by Gasteiger charge is -2.33. The molecule has 3 aliphatic heterocycles. The Morgan fingerprint density at radius 1 is 1.35 bits per heavy atom. The van der Waals surface area contributed by atoms with Gasteiger partial charge in [0.2, 0.25) is 0 Å². The van der Waals surface area contributed by atoms with Gasteiger partial charge in [-0.3, -0.25) is 4.99 Å². The summed E-state index contributed by atoms with van der Waals surface area (Å²) in [6.07, 6.45) is 9.26. The number of aliphatic imine (C=N–C) groups is 1. The van der Waals surface area contributed by atoms with E-state index in [-0.39, 0.29) is 6.04 Å². The zero-order valence-electron chi connectivity index (χ0n) is 14.2. The molecule has 1 aromatic carbocycles. The molecular weight excluding hydrogens is 344 g/mol. The normalized spacial score (nSPS) is 27.4. The monoisotopic (exact) mass is 364 g/mol. The summed E-state index contributed by atoms with van der Waals surface area (Å²) in [5.41, 5.74) is 12.2. The van der Waals surface area contributed by atoms with Crippen molar-refractivity contribution in [2.75, 3.05) is 18.4 Å². The summed E-state index contributed by atoms with van der Waals surface area (Å²) in [7, 11) is 0. The van der Waals surface area contributed by atoms with E-state index < -0.39 is 5.66 Å². The largest absolute Gasteiger partial charge is 0.360 e. The lowest BCUT2D eigenvalue weighted by molar-refractivity contribution is 0.675. The molecule has 0 bridgehead atoms. The first-order valence-electron chi connectivity index (χ1n) is 8.76. The molecule has 4 heterocycles. The predicted octanol–water partition coefficient (Wildman–Crippen LogP) is 2.11. The molecule has 0 amide bonds. The summed E-state index contributed by atoms with van der Waals surface area (Å²) in [5.74, 6) is 0.853. The Labute approximate surface area is 155 Å². The van der Waals surface area contributed by atoms with Gasteiger partial charge in [-0.2, -0.15) is 0 Å². The van der Waals surface area contributed by atoms with Gasteiger partial charge in [0, 0.05) is 24.0 Å². The molecule has 2 atom stereocenters. The molecule has 1 aromatic heterocycles. The molecule has 3 aliphatic rings. The molecule has 132 valence electrons. The average Bonchev–Trinajstić information content (AvgIpc) is 3.29. The summed E-state index contributed by atoms with van der Waals surface area (Å²) < 4.78 is 1.14. The fraction of sp³-hybridized carbons (Fsp3) is 0.263. The topological polar surface area (TPSA) is 87.4 Å². The summed E-state index contributed by atoms with van der Waals surface area (Å²) in [4.78, 5) is 9.18. The van der Waals surface area contributed by atoms with Crippen LogP contribution in [0.5, 0.6) is 0 Å². The molecule has 5 rings (SSSR count). The highest BCUT2D eigenvalue weighted by atomic mass is 32.1. The summed E-state index contributed by atoms with van der Waals surface area (Å²) in [6.45, 7) is 1.91. The zero-order chi connectivity index (χ0) is 17.6. The van der Waals surface area contributed by atoms with Crippen LogP contribution in [0.2, 0.25) is 0 Å². The zero-order valence-corrected chi connectivity index (χ0v) is 15.0. The number of anilines is 1. The van der Waals surface area contributed by atoms with Crippen LogP contribution >= 0.6 is 11.3 Å². The number of amidine groups is 1. The highest BCUT2D eigenvalue weighted by Crippen LogP contribution is 2.32. The quantitative estimate of drug-likeness (QED) is 0.495. The van der Waals surface area contributed by atoms with Crippen LogP contribution in [0, 0.1) is 0 Å². The van der Waals surface area contributed by atoms with Crippen LogP contribution in [-0.4, -0.2) is 35.6 Å². The fourth-order valence-electron chi connectivity index (χ4n) is 3.65. The van der Waals surface area contributed by atoms with Gasteiger partial charge < -0.3 is 21.7 Å². The molecule has 6 nitrogen and oxygen atoms in total. The summed E-state index contributed by atoms with van der Waals surface area (Å²) >= 11 is 1.63. The van der Waals surface area contributed by atoms with Gasteiger partial charge in [-0.05, 0) is 48.9 Å². The van der Waals surface area contributed by atoms with Crippen LogP contribution in [0.25, 0.3) is 10.2 Å². The smallest absolute Gasteiger partial charge is 0.137 e. The number of aromatic nitrogens is 1. The van der Waals surface area contributed by atoms with Crippen LogP contribution in [0.3, 0.4) is 0 Å². The third-order valence-electron chi connectivity index (χ3n) is 5.02. The number of hydrogen-bond donors (Lipinski definition) is 4. The Morgan fingerprint density at radius 3 is 3.19 bits per heavy atom. The summed E-state index contributed by atoms with van der Waals surface area (Å²) in [5, 5.41) is 10.1. The standard InChI is InChI=1S/C19H20N6S/c20-19(25-13-1-2-15-17(9-13)26-11-23-15)5-8-22-18-14(19)10-16(24-18)12-3-6-21-7-4-12/h1-3,5,8-11,16,21,25H,4,6-7,20H2,(H,22,24). The molecule has 0 aliphatic carbocycles. The van der Waals surface area contributed by atoms with E-state index in [1.807, 2.05) is 29.9 Å². The van der Waals surface area contributed by atoms with Crippen molar-refractivity contribution in [3.05, 3.63) is 59.3 Å². The van der Waals surface area contributed by atoms with E-state index in [0.29, 0.717) is 0 Å². The highest BCUT2D eigenvalue weighted by Gasteiger charge is 2.37. The number of nitrogens with zero attached hydrogens (tertiary/aromatic N) is 2. The Kier molecular flexibility index (Phi) is 3.66. The van der Waals surface area contributed by atoms with Crippen molar-refractivity contribution in [3.8, 4) is 0 Å². The van der Waals surface area contributed by atoms with Gasteiger partial charge in [-0.1, -0.05) is 6.08 Å². The van der Waals surface area contributed by atoms with Gasteiger partial charge in [0.15, 0.2) is 0 Å². The number of hydrogen-bond acceptors (Lipinski definition) is 7. The molecule has 0 saturated heterocycles. The molecule has 0 saturated carbocycles. The second-order valence-electron chi connectivity index (χ2n) is 6.74. The highest BCUT2D eigenvalue weighted by molar-refractivity contribution is 7.16. The Balaban J connectivity index is 1.47. The number of nitrogens with one attached hydrogen (secondary N) is 3. The first-order chi connectivity index (χ1) is 12.7. The van der Waals surface area contributed by atoms with Crippen molar-refractivity contribution in [1.29, 1.82) is 0 Å². The molecular formula is C19H20N6S. The van der Waals surface area contributed by atoms with Gasteiger partial charge >= 0.3 is 0 Å². The molecule has 2 aromatic rings. The van der Waals surface area contributed by atoms with Gasteiger partial charge in [0.1, 0.15) is 11.5 Å². The maximum Gasteiger partial charge on any atom is 0.137 e. The lowest BCUT2D eigenvalue weighted by atomic mass is 9.93. The van der Waals surface area contributed by atoms with Crippen LogP contribution in [-0.2, 0) is 0 Å². The van der Waals surface area contributed by atoms with E-state index in [1.165, 1.54) is 5.57 Å². The third kappa shape index (κ3) is 2.65. The molecule has 5 N–H and O–H groups in total. The van der Waals surface area contributed by atoms with E-state index in [9.17, 15) is 0 Å². The van der Waals surface area contributed by atoms with Crippen molar-refractivity contribution in [2.24, 2.45) is 10.7 Å². The fourth-order valence-corrected chi connectivity index (χ4v) is 4.37. The molecule has 7 heteroatoms. The van der Waals surface area contributed by atoms with Gasteiger partial charge in [0.25, 0.3) is 0 Å². The van der Waals surface area contributed by atoms with E-state index in [4.69, 9.17) is 10.7 Å². The maximum atomic E-state index is 6.76. The maximum absolute atomic E-state index is 6.76. The Morgan fingerprint density at radius 2 is 2.31 bits per heavy atom. The first kappa shape index (κ1) is 15.7. The number of benzene rings is 1. The number of thiazole rings is 1. The minimum atomic E-state index is -0.787. The Bertz CT molecular complexity index is 985. The van der Waals surface area contributed by atoms with E-state index in [0.717, 1.165) is 46.8 Å².